The van der Waals surface area contributed by atoms with Crippen molar-refractivity contribution in [2.45, 2.75) is 38.9 Å². The smallest absolute Gasteiger partial charge is 0.476 e. The van der Waals surface area contributed by atoms with E-state index in [4.69, 9.17) is 20.9 Å². The number of rotatable bonds is 4. The summed E-state index contributed by atoms with van der Waals surface area (Å²) in [4.78, 5) is 15.1. The fourth-order valence-corrected chi connectivity index (χ4v) is 2.26. The van der Waals surface area contributed by atoms with Crippen molar-refractivity contribution >= 4 is 30.8 Å². The number of aromatic carboxylic acids is 1. The molecule has 0 spiro atoms. The first-order chi connectivity index (χ1) is 10.6. The summed E-state index contributed by atoms with van der Waals surface area (Å²) >= 11 is 5.74. The maximum atomic E-state index is 11.3. The number of hydrogen-bond donors (Lipinski definition) is 2. The predicted octanol–water partition coefficient (Wildman–Crippen LogP) is 2.44. The van der Waals surface area contributed by atoms with Gasteiger partial charge in [0, 0.05) is 5.56 Å². The summed E-state index contributed by atoms with van der Waals surface area (Å²) < 4.78 is 11.7. The van der Waals surface area contributed by atoms with Gasteiger partial charge in [0.2, 0.25) is 0 Å². The van der Waals surface area contributed by atoms with Crippen LogP contribution in [0.15, 0.2) is 17.6 Å². The minimum Gasteiger partial charge on any atom is -0.476 e. The van der Waals surface area contributed by atoms with E-state index in [2.05, 4.69) is 4.98 Å². The lowest BCUT2D eigenvalue weighted by Crippen LogP contribution is -2.41. The standard InChI is InChI=1S/C15H19BClNO5/c1-14(2)15(3,4)23-16(22-14)10(8-19)7-9-5-6-11(17)18-12(9)13(20)21/h5-7,19H,8H2,1-4H3,(H,20,21). The number of pyridine rings is 1. The Morgan fingerprint density at radius 1 is 1.30 bits per heavy atom. The molecule has 0 unspecified atom stereocenters. The topological polar surface area (TPSA) is 88.9 Å². The van der Waals surface area contributed by atoms with Crippen LogP contribution in [0.2, 0.25) is 5.15 Å². The molecule has 1 aromatic heterocycles. The molecule has 0 aliphatic carbocycles. The van der Waals surface area contributed by atoms with Crippen molar-refractivity contribution in [3.8, 4) is 0 Å². The molecule has 2 rings (SSSR count). The van der Waals surface area contributed by atoms with Crippen LogP contribution in [0.25, 0.3) is 6.08 Å². The van der Waals surface area contributed by atoms with Gasteiger partial charge in [-0.3, -0.25) is 0 Å². The first-order valence-electron chi connectivity index (χ1n) is 7.14. The largest absolute Gasteiger partial charge is 0.492 e. The van der Waals surface area contributed by atoms with Crippen LogP contribution in [0.1, 0.15) is 43.7 Å². The number of nitrogens with zero attached hydrogens (tertiary/aromatic N) is 1. The van der Waals surface area contributed by atoms with Gasteiger partial charge in [-0.05, 0) is 45.3 Å². The van der Waals surface area contributed by atoms with Crippen molar-refractivity contribution in [1.82, 2.24) is 4.98 Å². The maximum Gasteiger partial charge on any atom is 0.492 e. The van der Waals surface area contributed by atoms with Gasteiger partial charge >= 0.3 is 13.1 Å². The first kappa shape index (κ1) is 17.9. The first-order valence-corrected chi connectivity index (χ1v) is 7.52. The molecule has 0 bridgehead atoms. The van der Waals surface area contributed by atoms with Crippen LogP contribution < -0.4 is 0 Å². The Morgan fingerprint density at radius 2 is 1.87 bits per heavy atom. The van der Waals surface area contributed by atoms with Crippen LogP contribution in [0, 0.1) is 0 Å². The Morgan fingerprint density at radius 3 is 2.35 bits per heavy atom. The summed E-state index contributed by atoms with van der Waals surface area (Å²) in [5, 5.41) is 19.0. The molecule has 0 radical (unpaired) electrons. The van der Waals surface area contributed by atoms with E-state index in [1.807, 2.05) is 27.7 Å². The number of aromatic nitrogens is 1. The lowest BCUT2D eigenvalue weighted by molar-refractivity contribution is 0.00578. The number of carboxylic acids is 1. The van der Waals surface area contributed by atoms with E-state index in [1.54, 1.807) is 0 Å². The fourth-order valence-electron chi connectivity index (χ4n) is 2.12. The van der Waals surface area contributed by atoms with Gasteiger partial charge in [-0.15, -0.1) is 0 Å². The van der Waals surface area contributed by atoms with Crippen molar-refractivity contribution in [2.24, 2.45) is 0 Å². The Labute approximate surface area is 140 Å². The second-order valence-electron chi connectivity index (χ2n) is 6.34. The third-order valence-electron chi connectivity index (χ3n) is 4.17. The van der Waals surface area contributed by atoms with Crippen molar-refractivity contribution in [3.63, 3.8) is 0 Å². The van der Waals surface area contributed by atoms with Crippen molar-refractivity contribution in [1.29, 1.82) is 0 Å². The van der Waals surface area contributed by atoms with Gasteiger partial charge in [-0.1, -0.05) is 17.7 Å². The minimum atomic E-state index is -1.20. The summed E-state index contributed by atoms with van der Waals surface area (Å²) in [5.74, 6) is -1.20. The van der Waals surface area contributed by atoms with Crippen molar-refractivity contribution < 1.29 is 24.3 Å². The van der Waals surface area contributed by atoms with Crippen LogP contribution in [0.3, 0.4) is 0 Å². The highest BCUT2D eigenvalue weighted by Crippen LogP contribution is 2.38. The third-order valence-corrected chi connectivity index (χ3v) is 4.39. The Balaban J connectivity index is 2.40. The lowest BCUT2D eigenvalue weighted by atomic mass is 9.77. The molecule has 1 aliphatic rings. The normalized spacial score (nSPS) is 19.9. The molecule has 2 heterocycles. The number of carbonyl (C=O) groups is 1. The van der Waals surface area contributed by atoms with E-state index in [0.717, 1.165) is 0 Å². The average Bonchev–Trinajstić information content (AvgIpc) is 2.65. The third kappa shape index (κ3) is 3.58. The van der Waals surface area contributed by atoms with Crippen LogP contribution in [0.5, 0.6) is 0 Å². The monoisotopic (exact) mass is 339 g/mol. The number of aliphatic hydroxyl groups excluding tert-OH is 1. The van der Waals surface area contributed by atoms with Gasteiger partial charge in [-0.25, -0.2) is 9.78 Å². The molecule has 2 N–H and O–H groups in total. The Kier molecular flexibility index (Phi) is 4.87. The summed E-state index contributed by atoms with van der Waals surface area (Å²) in [5.41, 5.74) is -0.574. The Bertz CT molecular complexity index is 643. The van der Waals surface area contributed by atoms with Crippen molar-refractivity contribution in [3.05, 3.63) is 34.0 Å². The molecular formula is C15H19BClNO5. The van der Waals surface area contributed by atoms with Gasteiger partial charge in [0.05, 0.1) is 17.8 Å². The molecule has 1 saturated heterocycles. The number of carboxylic acid groups (broad SMARTS) is 1. The van der Waals surface area contributed by atoms with Gasteiger partial charge in [0.15, 0.2) is 5.69 Å². The van der Waals surface area contributed by atoms with E-state index >= 15 is 0 Å². The van der Waals surface area contributed by atoms with Gasteiger partial charge in [0.1, 0.15) is 5.15 Å². The molecule has 1 aliphatic heterocycles. The minimum absolute atomic E-state index is 0.0840. The summed E-state index contributed by atoms with van der Waals surface area (Å²) in [6.07, 6.45) is 1.51. The van der Waals surface area contributed by atoms with Crippen LogP contribution in [0.4, 0.5) is 0 Å². The van der Waals surface area contributed by atoms with E-state index in [-0.39, 0.29) is 17.5 Å². The molecule has 23 heavy (non-hydrogen) atoms. The molecular weight excluding hydrogens is 320 g/mol. The summed E-state index contributed by atoms with van der Waals surface area (Å²) in [6, 6.07) is 3.01. The zero-order chi connectivity index (χ0) is 17.4. The second kappa shape index (κ2) is 6.24. The Hall–Kier alpha value is -1.41. The van der Waals surface area contributed by atoms with Crippen molar-refractivity contribution in [2.75, 3.05) is 6.61 Å². The molecule has 124 valence electrons. The average molecular weight is 340 g/mol. The molecule has 0 atom stereocenters. The van der Waals surface area contributed by atoms with E-state index in [0.29, 0.717) is 11.0 Å². The van der Waals surface area contributed by atoms with Crippen LogP contribution in [-0.4, -0.2) is 46.1 Å². The fraction of sp³-hybridized carbons (Fsp3) is 0.467. The van der Waals surface area contributed by atoms with Gasteiger partial charge in [-0.2, -0.15) is 0 Å². The number of halogens is 1. The molecule has 0 aromatic carbocycles. The molecule has 1 aromatic rings. The molecule has 0 saturated carbocycles. The maximum absolute atomic E-state index is 11.3. The number of hydrogen-bond acceptors (Lipinski definition) is 5. The molecule has 8 heteroatoms. The highest BCUT2D eigenvalue weighted by Gasteiger charge is 2.52. The SMILES string of the molecule is CC1(C)OB(C(=Cc2ccc(Cl)nc2C(=O)O)CO)OC1(C)C. The zero-order valence-corrected chi connectivity index (χ0v) is 14.2. The highest BCUT2D eigenvalue weighted by molar-refractivity contribution is 6.55. The number of aliphatic hydroxyl groups is 1. The van der Waals surface area contributed by atoms with E-state index < -0.39 is 24.3 Å². The van der Waals surface area contributed by atoms with E-state index in [1.165, 1.54) is 18.2 Å². The summed E-state index contributed by atoms with van der Waals surface area (Å²) in [6.45, 7) is 7.25. The summed E-state index contributed by atoms with van der Waals surface area (Å²) in [7, 11) is -0.762. The molecule has 0 amide bonds. The highest BCUT2D eigenvalue weighted by atomic mass is 35.5. The van der Waals surface area contributed by atoms with Gasteiger partial charge in [0.25, 0.3) is 0 Å². The van der Waals surface area contributed by atoms with Gasteiger partial charge < -0.3 is 19.5 Å². The quantitative estimate of drug-likeness (QED) is 0.647. The zero-order valence-electron chi connectivity index (χ0n) is 13.5. The molecule has 1 fully saturated rings. The second-order valence-corrected chi connectivity index (χ2v) is 6.73. The van der Waals surface area contributed by atoms with Crippen LogP contribution in [-0.2, 0) is 9.31 Å². The van der Waals surface area contributed by atoms with Crippen LogP contribution >= 0.6 is 11.6 Å². The predicted molar refractivity (Wildman–Crippen MR) is 87.4 cm³/mol. The van der Waals surface area contributed by atoms with E-state index in [9.17, 15) is 15.0 Å². The lowest BCUT2D eigenvalue weighted by Gasteiger charge is -2.32. The molecule has 6 nitrogen and oxygen atoms in total.